The lowest BCUT2D eigenvalue weighted by molar-refractivity contribution is 0.595. The Morgan fingerprint density at radius 1 is 1.53 bits per heavy atom. The summed E-state index contributed by atoms with van der Waals surface area (Å²) in [4.78, 5) is 8.87. The van der Waals surface area contributed by atoms with Crippen LogP contribution >= 0.6 is 22.9 Å². The fraction of sp³-hybridized carbons (Fsp3) is 0.417. The molecular formula is C12H16ClN3S. The zero-order valence-electron chi connectivity index (χ0n) is 9.74. The van der Waals surface area contributed by atoms with E-state index < -0.39 is 0 Å². The predicted molar refractivity (Wildman–Crippen MR) is 73.6 cm³/mol. The van der Waals surface area contributed by atoms with Gasteiger partial charge in [0.2, 0.25) is 0 Å². The lowest BCUT2D eigenvalue weighted by Crippen LogP contribution is -2.13. The monoisotopic (exact) mass is 269 g/mol. The van der Waals surface area contributed by atoms with Gasteiger partial charge in [-0.15, -0.1) is 11.3 Å². The van der Waals surface area contributed by atoms with Crippen molar-refractivity contribution in [2.45, 2.75) is 25.7 Å². The first kappa shape index (κ1) is 12.6. The molecule has 0 aliphatic heterocycles. The van der Waals surface area contributed by atoms with Crippen LogP contribution in [0.3, 0.4) is 0 Å². The van der Waals surface area contributed by atoms with Gasteiger partial charge in [0.1, 0.15) is 5.82 Å². The van der Waals surface area contributed by atoms with Crippen molar-refractivity contribution in [2.75, 3.05) is 6.54 Å². The van der Waals surface area contributed by atoms with Gasteiger partial charge in [-0.3, -0.25) is 0 Å². The number of aromatic nitrogens is 2. The zero-order chi connectivity index (χ0) is 12.3. The molecule has 3 nitrogen and oxygen atoms in total. The van der Waals surface area contributed by atoms with E-state index in [4.69, 9.17) is 17.3 Å². The average molecular weight is 270 g/mol. The highest BCUT2D eigenvalue weighted by Gasteiger charge is 2.13. The van der Waals surface area contributed by atoms with Crippen LogP contribution in [-0.2, 0) is 0 Å². The van der Waals surface area contributed by atoms with E-state index in [1.165, 1.54) is 0 Å². The number of rotatable bonds is 5. The molecule has 2 aromatic heterocycles. The Morgan fingerprint density at radius 2 is 2.35 bits per heavy atom. The molecule has 5 heteroatoms. The quantitative estimate of drug-likeness (QED) is 0.871. The minimum absolute atomic E-state index is 0.323. The highest BCUT2D eigenvalue weighted by atomic mass is 35.5. The van der Waals surface area contributed by atoms with Crippen LogP contribution in [0.5, 0.6) is 0 Å². The molecule has 0 aliphatic rings. The molecule has 1 atom stereocenters. The van der Waals surface area contributed by atoms with E-state index >= 15 is 0 Å². The molecule has 0 bridgehead atoms. The normalized spacial score (nSPS) is 12.9. The summed E-state index contributed by atoms with van der Waals surface area (Å²) in [6, 6.07) is 3.90. The van der Waals surface area contributed by atoms with Gasteiger partial charge in [0.15, 0.2) is 0 Å². The van der Waals surface area contributed by atoms with Crippen molar-refractivity contribution in [1.82, 2.24) is 9.97 Å². The molecule has 0 amide bonds. The summed E-state index contributed by atoms with van der Waals surface area (Å²) in [5.74, 6) is 1.30. The molecule has 92 valence electrons. The Labute approximate surface area is 110 Å². The average Bonchev–Trinajstić information content (AvgIpc) is 2.94. The van der Waals surface area contributed by atoms with Crippen LogP contribution in [0.25, 0.3) is 10.6 Å². The molecule has 2 aromatic rings. The van der Waals surface area contributed by atoms with Crippen LogP contribution in [-0.4, -0.2) is 16.5 Å². The topological polar surface area (TPSA) is 54.7 Å². The first-order valence-electron chi connectivity index (χ1n) is 5.75. The number of halogens is 1. The number of nitrogens with two attached hydrogens (primary N) is 1. The summed E-state index contributed by atoms with van der Waals surface area (Å²) in [6.45, 7) is 2.79. The van der Waals surface area contributed by atoms with E-state index in [9.17, 15) is 0 Å². The van der Waals surface area contributed by atoms with Crippen LogP contribution in [0.2, 0.25) is 4.34 Å². The maximum Gasteiger partial charge on any atom is 0.110 e. The maximum atomic E-state index is 5.92. The smallest absolute Gasteiger partial charge is 0.110 e. The number of nitrogens with zero attached hydrogens (tertiary/aromatic N) is 1. The van der Waals surface area contributed by atoms with Gasteiger partial charge in [-0.1, -0.05) is 24.9 Å². The first-order valence-corrected chi connectivity index (χ1v) is 6.94. The largest absolute Gasteiger partial charge is 0.341 e. The fourth-order valence-corrected chi connectivity index (χ4v) is 2.85. The van der Waals surface area contributed by atoms with E-state index in [2.05, 4.69) is 16.9 Å². The lowest BCUT2D eigenvalue weighted by atomic mass is 10.0. The van der Waals surface area contributed by atoms with E-state index in [1.807, 2.05) is 18.3 Å². The van der Waals surface area contributed by atoms with Gasteiger partial charge < -0.3 is 10.7 Å². The molecule has 0 saturated carbocycles. The third-order valence-electron chi connectivity index (χ3n) is 2.74. The second-order valence-electron chi connectivity index (χ2n) is 4.01. The lowest BCUT2D eigenvalue weighted by Gasteiger charge is -2.09. The minimum atomic E-state index is 0.323. The molecular weight excluding hydrogens is 254 g/mol. The Morgan fingerprint density at radius 3 is 2.94 bits per heavy atom. The first-order chi connectivity index (χ1) is 8.24. The SMILES string of the molecule is CCCC(CN)c1ncc(-c2ccc(Cl)s2)[nH]1. The Balaban J connectivity index is 2.20. The predicted octanol–water partition coefficient (Wildman–Crippen LogP) is 3.63. The summed E-state index contributed by atoms with van der Waals surface area (Å²) in [6.07, 6.45) is 4.03. The zero-order valence-corrected chi connectivity index (χ0v) is 11.3. The number of H-pyrrole nitrogens is 1. The van der Waals surface area contributed by atoms with Gasteiger partial charge in [-0.2, -0.15) is 0 Å². The van der Waals surface area contributed by atoms with Gasteiger partial charge in [0.25, 0.3) is 0 Å². The van der Waals surface area contributed by atoms with E-state index in [1.54, 1.807) is 11.3 Å². The Kier molecular flexibility index (Phi) is 4.20. The van der Waals surface area contributed by atoms with Crippen LogP contribution in [0.1, 0.15) is 31.5 Å². The summed E-state index contributed by atoms with van der Waals surface area (Å²) in [7, 11) is 0. The minimum Gasteiger partial charge on any atom is -0.341 e. The van der Waals surface area contributed by atoms with Crippen molar-refractivity contribution in [1.29, 1.82) is 0 Å². The Hall–Kier alpha value is -0.840. The molecule has 0 aromatic carbocycles. The molecule has 3 N–H and O–H groups in total. The molecule has 0 saturated heterocycles. The summed E-state index contributed by atoms with van der Waals surface area (Å²) >= 11 is 7.47. The molecule has 0 aliphatic carbocycles. The second kappa shape index (κ2) is 5.67. The van der Waals surface area contributed by atoms with Crippen molar-refractivity contribution < 1.29 is 0 Å². The molecule has 1 unspecified atom stereocenters. The maximum absolute atomic E-state index is 5.92. The van der Waals surface area contributed by atoms with Gasteiger partial charge in [0, 0.05) is 12.5 Å². The van der Waals surface area contributed by atoms with Crippen LogP contribution < -0.4 is 5.73 Å². The number of thiophene rings is 1. The summed E-state index contributed by atoms with van der Waals surface area (Å²) in [5, 5.41) is 0. The fourth-order valence-electron chi connectivity index (χ4n) is 1.84. The number of hydrogen-bond acceptors (Lipinski definition) is 3. The van der Waals surface area contributed by atoms with Crippen molar-refractivity contribution in [2.24, 2.45) is 5.73 Å². The van der Waals surface area contributed by atoms with Gasteiger partial charge in [-0.25, -0.2) is 4.98 Å². The number of imidazole rings is 1. The van der Waals surface area contributed by atoms with Crippen LogP contribution in [0, 0.1) is 0 Å². The summed E-state index contributed by atoms with van der Waals surface area (Å²) in [5.41, 5.74) is 6.78. The van der Waals surface area contributed by atoms with E-state index in [-0.39, 0.29) is 0 Å². The van der Waals surface area contributed by atoms with Crippen molar-refractivity contribution >= 4 is 22.9 Å². The van der Waals surface area contributed by atoms with E-state index in [0.717, 1.165) is 33.6 Å². The van der Waals surface area contributed by atoms with Crippen molar-refractivity contribution in [3.8, 4) is 10.6 Å². The Bertz CT molecular complexity index is 478. The number of hydrogen-bond donors (Lipinski definition) is 2. The van der Waals surface area contributed by atoms with Crippen LogP contribution in [0.15, 0.2) is 18.3 Å². The van der Waals surface area contributed by atoms with E-state index in [0.29, 0.717) is 12.5 Å². The van der Waals surface area contributed by atoms with Crippen molar-refractivity contribution in [3.63, 3.8) is 0 Å². The van der Waals surface area contributed by atoms with Gasteiger partial charge >= 0.3 is 0 Å². The van der Waals surface area contributed by atoms with Gasteiger partial charge in [0.05, 0.1) is 21.1 Å². The number of nitrogens with one attached hydrogen (secondary N) is 1. The standard InChI is InChI=1S/C12H16ClN3S/c1-2-3-8(6-14)12-15-7-9(16-12)10-4-5-11(13)17-10/h4-5,7-8H,2-3,6,14H2,1H3,(H,15,16). The van der Waals surface area contributed by atoms with Crippen molar-refractivity contribution in [3.05, 3.63) is 28.5 Å². The summed E-state index contributed by atoms with van der Waals surface area (Å²) < 4.78 is 0.792. The van der Waals surface area contributed by atoms with Crippen LogP contribution in [0.4, 0.5) is 0 Å². The third-order valence-corrected chi connectivity index (χ3v) is 4.01. The highest BCUT2D eigenvalue weighted by Crippen LogP contribution is 2.30. The number of aromatic amines is 1. The molecule has 0 spiro atoms. The highest BCUT2D eigenvalue weighted by molar-refractivity contribution is 7.19. The molecule has 0 fully saturated rings. The molecule has 2 rings (SSSR count). The molecule has 2 heterocycles. The molecule has 17 heavy (non-hydrogen) atoms. The third kappa shape index (κ3) is 2.89. The van der Waals surface area contributed by atoms with Gasteiger partial charge in [-0.05, 0) is 18.6 Å². The second-order valence-corrected chi connectivity index (χ2v) is 5.72. The molecule has 0 radical (unpaired) electrons.